The summed E-state index contributed by atoms with van der Waals surface area (Å²) in [5.41, 5.74) is 2.58. The number of amides is 1. The molecule has 1 aliphatic rings. The Morgan fingerprint density at radius 2 is 2.12 bits per heavy atom. The van der Waals surface area contributed by atoms with Gasteiger partial charge >= 0.3 is 0 Å². The molecule has 0 atom stereocenters. The van der Waals surface area contributed by atoms with Gasteiger partial charge in [0.1, 0.15) is 11.3 Å². The molecule has 0 radical (unpaired) electrons. The van der Waals surface area contributed by atoms with Crippen LogP contribution in [0.2, 0.25) is 0 Å². The van der Waals surface area contributed by atoms with Gasteiger partial charge in [0.15, 0.2) is 11.5 Å². The lowest BCUT2D eigenvalue weighted by molar-refractivity contribution is -0.116. The molecule has 1 amide bonds. The van der Waals surface area contributed by atoms with Crippen molar-refractivity contribution in [2.75, 3.05) is 19.2 Å². The van der Waals surface area contributed by atoms with Gasteiger partial charge in [0, 0.05) is 13.5 Å². The van der Waals surface area contributed by atoms with Gasteiger partial charge in [-0.15, -0.1) is 0 Å². The molecule has 3 aromatic rings. The van der Waals surface area contributed by atoms with Crippen LogP contribution >= 0.6 is 0 Å². The fraction of sp³-hybridized carbons (Fsp3) is 0.263. The third kappa shape index (κ3) is 2.81. The second-order valence-corrected chi connectivity index (χ2v) is 6.02. The predicted molar refractivity (Wildman–Crippen MR) is 96.8 cm³/mol. The molecule has 0 bridgehead atoms. The van der Waals surface area contributed by atoms with E-state index in [9.17, 15) is 4.79 Å². The van der Waals surface area contributed by atoms with Crippen LogP contribution in [0, 0.1) is 0 Å². The van der Waals surface area contributed by atoms with Crippen LogP contribution in [0.1, 0.15) is 12.0 Å². The van der Waals surface area contributed by atoms with Gasteiger partial charge < -0.3 is 18.8 Å². The molecule has 1 N–H and O–H groups in total. The summed E-state index contributed by atoms with van der Waals surface area (Å²) in [5.74, 6) is 2.51. The van der Waals surface area contributed by atoms with Crippen molar-refractivity contribution >= 4 is 22.9 Å². The van der Waals surface area contributed by atoms with Crippen molar-refractivity contribution in [3.8, 4) is 17.2 Å². The lowest BCUT2D eigenvalue weighted by Crippen LogP contribution is -2.15. The van der Waals surface area contributed by atoms with Crippen LogP contribution in [0.15, 0.2) is 36.4 Å². The van der Waals surface area contributed by atoms with Crippen molar-refractivity contribution in [3.63, 3.8) is 0 Å². The van der Waals surface area contributed by atoms with Crippen molar-refractivity contribution in [3.05, 3.63) is 42.0 Å². The molecule has 7 nitrogen and oxygen atoms in total. The number of fused-ring (bicyclic) bond motifs is 2. The molecule has 26 heavy (non-hydrogen) atoms. The maximum Gasteiger partial charge on any atom is 0.231 e. The van der Waals surface area contributed by atoms with Crippen LogP contribution in [-0.4, -0.2) is 29.4 Å². The number of para-hydroxylation sites is 2. The van der Waals surface area contributed by atoms with Gasteiger partial charge in [-0.05, 0) is 30.2 Å². The number of rotatable bonds is 5. The smallest absolute Gasteiger partial charge is 0.231 e. The van der Waals surface area contributed by atoms with Crippen molar-refractivity contribution < 1.29 is 19.0 Å². The van der Waals surface area contributed by atoms with E-state index in [-0.39, 0.29) is 12.7 Å². The zero-order valence-electron chi connectivity index (χ0n) is 14.6. The average Bonchev–Trinajstić information content (AvgIpc) is 3.25. The number of anilines is 1. The molecule has 1 aromatic heterocycles. The average molecular weight is 353 g/mol. The maximum absolute atomic E-state index is 12.4. The fourth-order valence-corrected chi connectivity index (χ4v) is 3.09. The number of hydrogen-bond acceptors (Lipinski definition) is 5. The SMILES string of the molecule is COc1cccc2c1nc(NC(=O)CCc1cccc3c1OCO3)n2C. The third-order valence-corrected chi connectivity index (χ3v) is 4.45. The molecule has 0 spiro atoms. The number of benzene rings is 2. The number of ether oxygens (including phenoxy) is 3. The van der Waals surface area contributed by atoms with E-state index in [1.807, 2.05) is 48.0 Å². The second kappa shape index (κ2) is 6.59. The summed E-state index contributed by atoms with van der Waals surface area (Å²) in [5, 5.41) is 2.87. The largest absolute Gasteiger partial charge is 0.494 e. The Labute approximate surface area is 150 Å². The van der Waals surface area contributed by atoms with E-state index in [2.05, 4.69) is 10.3 Å². The zero-order valence-corrected chi connectivity index (χ0v) is 14.6. The van der Waals surface area contributed by atoms with Gasteiger partial charge in [-0.2, -0.15) is 0 Å². The molecule has 0 saturated carbocycles. The fourth-order valence-electron chi connectivity index (χ4n) is 3.09. The molecule has 0 unspecified atom stereocenters. The Balaban J connectivity index is 1.48. The van der Waals surface area contributed by atoms with E-state index in [1.54, 1.807) is 7.11 Å². The van der Waals surface area contributed by atoms with Crippen molar-refractivity contribution in [1.29, 1.82) is 0 Å². The Morgan fingerprint density at radius 1 is 1.27 bits per heavy atom. The summed E-state index contributed by atoms with van der Waals surface area (Å²) in [6.45, 7) is 0.222. The minimum absolute atomic E-state index is 0.112. The van der Waals surface area contributed by atoms with Crippen LogP contribution < -0.4 is 19.5 Å². The lowest BCUT2D eigenvalue weighted by Gasteiger charge is -2.07. The highest BCUT2D eigenvalue weighted by molar-refractivity contribution is 5.92. The molecule has 0 saturated heterocycles. The Bertz CT molecular complexity index is 980. The molecule has 2 aromatic carbocycles. The monoisotopic (exact) mass is 353 g/mol. The number of nitrogens with one attached hydrogen (secondary N) is 1. The highest BCUT2D eigenvalue weighted by Crippen LogP contribution is 2.36. The summed E-state index contributed by atoms with van der Waals surface area (Å²) < 4.78 is 18.0. The van der Waals surface area contributed by atoms with Crippen LogP contribution in [0.4, 0.5) is 5.95 Å². The summed E-state index contributed by atoms with van der Waals surface area (Å²) >= 11 is 0. The minimum Gasteiger partial charge on any atom is -0.494 e. The Kier molecular flexibility index (Phi) is 4.12. The molecule has 1 aliphatic heterocycles. The standard InChI is InChI=1S/C19H19N3O4/c1-22-13-6-4-7-14(24-2)17(13)21-19(22)20-16(23)10-9-12-5-3-8-15-18(12)26-11-25-15/h3-8H,9-11H2,1-2H3,(H,20,21,23). The van der Waals surface area contributed by atoms with E-state index in [1.165, 1.54) is 0 Å². The van der Waals surface area contributed by atoms with Crippen molar-refractivity contribution in [2.45, 2.75) is 12.8 Å². The maximum atomic E-state index is 12.4. The van der Waals surface area contributed by atoms with E-state index in [0.717, 1.165) is 28.1 Å². The Morgan fingerprint density at radius 3 is 2.96 bits per heavy atom. The highest BCUT2D eigenvalue weighted by atomic mass is 16.7. The first-order valence-electron chi connectivity index (χ1n) is 8.34. The van der Waals surface area contributed by atoms with Gasteiger partial charge in [0.2, 0.25) is 18.6 Å². The van der Waals surface area contributed by atoms with Gasteiger partial charge in [-0.3, -0.25) is 10.1 Å². The van der Waals surface area contributed by atoms with Crippen LogP contribution in [0.3, 0.4) is 0 Å². The molecule has 0 aliphatic carbocycles. The summed E-state index contributed by atoms with van der Waals surface area (Å²) in [4.78, 5) is 16.9. The summed E-state index contributed by atoms with van der Waals surface area (Å²) in [7, 11) is 3.46. The number of carbonyl (C=O) groups is 1. The first-order chi connectivity index (χ1) is 12.7. The Hall–Kier alpha value is -3.22. The number of hydrogen-bond donors (Lipinski definition) is 1. The van der Waals surface area contributed by atoms with Crippen LogP contribution in [0.5, 0.6) is 17.2 Å². The molecule has 0 fully saturated rings. The van der Waals surface area contributed by atoms with Crippen LogP contribution in [-0.2, 0) is 18.3 Å². The zero-order chi connectivity index (χ0) is 18.1. The van der Waals surface area contributed by atoms with E-state index in [0.29, 0.717) is 24.5 Å². The number of carbonyl (C=O) groups excluding carboxylic acids is 1. The highest BCUT2D eigenvalue weighted by Gasteiger charge is 2.18. The molecule has 134 valence electrons. The molecule has 7 heteroatoms. The summed E-state index contributed by atoms with van der Waals surface area (Å²) in [6, 6.07) is 11.4. The summed E-state index contributed by atoms with van der Waals surface area (Å²) in [6.07, 6.45) is 0.881. The molecular weight excluding hydrogens is 334 g/mol. The molecule has 4 rings (SSSR count). The molecular formula is C19H19N3O4. The predicted octanol–water partition coefficient (Wildman–Crippen LogP) is 2.88. The lowest BCUT2D eigenvalue weighted by atomic mass is 10.1. The van der Waals surface area contributed by atoms with E-state index < -0.39 is 0 Å². The number of methoxy groups -OCH3 is 1. The quantitative estimate of drug-likeness (QED) is 0.763. The molecule has 2 heterocycles. The first kappa shape index (κ1) is 16.3. The van der Waals surface area contributed by atoms with E-state index >= 15 is 0 Å². The minimum atomic E-state index is -0.112. The van der Waals surface area contributed by atoms with Crippen LogP contribution in [0.25, 0.3) is 11.0 Å². The normalized spacial score (nSPS) is 12.4. The van der Waals surface area contributed by atoms with Gasteiger partial charge in [0.05, 0.1) is 12.6 Å². The van der Waals surface area contributed by atoms with Crippen molar-refractivity contribution in [2.24, 2.45) is 7.05 Å². The van der Waals surface area contributed by atoms with Gasteiger partial charge in [-0.25, -0.2) is 4.98 Å². The van der Waals surface area contributed by atoms with Crippen molar-refractivity contribution in [1.82, 2.24) is 9.55 Å². The van der Waals surface area contributed by atoms with Gasteiger partial charge in [-0.1, -0.05) is 18.2 Å². The number of imidazole rings is 1. The second-order valence-electron chi connectivity index (χ2n) is 6.02. The topological polar surface area (TPSA) is 74.6 Å². The third-order valence-electron chi connectivity index (χ3n) is 4.45. The first-order valence-corrected chi connectivity index (χ1v) is 8.34. The van der Waals surface area contributed by atoms with Gasteiger partial charge in [0.25, 0.3) is 0 Å². The number of nitrogens with zero attached hydrogens (tertiary/aromatic N) is 2. The number of aryl methyl sites for hydroxylation is 2. The number of aromatic nitrogens is 2. The van der Waals surface area contributed by atoms with E-state index in [4.69, 9.17) is 14.2 Å².